The maximum Gasteiger partial charge on any atom is 0.355 e. The lowest BCUT2D eigenvalue weighted by atomic mass is 10.3. The Morgan fingerprint density at radius 3 is 2.84 bits per heavy atom. The molecule has 0 aromatic carbocycles. The van der Waals surface area contributed by atoms with Gasteiger partial charge in [0.25, 0.3) is 0 Å². The lowest BCUT2D eigenvalue weighted by molar-refractivity contribution is 0.0691. The summed E-state index contributed by atoms with van der Waals surface area (Å²) in [6, 6.07) is 0. The topological polar surface area (TPSA) is 68.0 Å². The molecule has 1 N–H and O–H groups in total. The number of carboxylic acids is 1. The number of carbonyl (C=O) groups is 1. The Hall–Kier alpha value is -2.21. The fourth-order valence-corrected chi connectivity index (χ4v) is 2.32. The number of carboxylic acid groups (broad SMARTS) is 1. The number of rotatable bonds is 4. The van der Waals surface area contributed by atoms with Crippen LogP contribution in [0.5, 0.6) is 0 Å². The van der Waals surface area contributed by atoms with Crippen LogP contribution in [-0.2, 0) is 0 Å². The molecule has 0 saturated carbocycles. The minimum Gasteiger partial charge on any atom is -0.476 e. The van der Waals surface area contributed by atoms with Gasteiger partial charge in [-0.3, -0.25) is 0 Å². The molecule has 0 aliphatic carbocycles. The van der Waals surface area contributed by atoms with Gasteiger partial charge in [-0.05, 0) is 19.9 Å². The highest BCUT2D eigenvalue weighted by Crippen LogP contribution is 2.24. The molecule has 98 valence electrons. The van der Waals surface area contributed by atoms with Crippen molar-refractivity contribution in [2.75, 3.05) is 0 Å². The lowest BCUT2D eigenvalue weighted by Gasteiger charge is -1.99. The van der Waals surface area contributed by atoms with Gasteiger partial charge in [0.15, 0.2) is 5.69 Å². The molecule has 2 aromatic rings. The van der Waals surface area contributed by atoms with E-state index in [4.69, 9.17) is 5.11 Å². The minimum atomic E-state index is -1.02. The molecule has 0 amide bonds. The summed E-state index contributed by atoms with van der Waals surface area (Å²) in [5, 5.41) is 15.3. The van der Waals surface area contributed by atoms with Gasteiger partial charge in [-0.15, -0.1) is 11.3 Å². The normalized spacial score (nSPS) is 12.2. The van der Waals surface area contributed by atoms with Gasteiger partial charge in [-0.1, -0.05) is 12.2 Å². The number of thiazole rings is 1. The molecule has 0 aliphatic rings. The van der Waals surface area contributed by atoms with Crippen molar-refractivity contribution in [1.82, 2.24) is 14.8 Å². The summed E-state index contributed by atoms with van der Waals surface area (Å²) in [5.41, 5.74) is 1.82. The van der Waals surface area contributed by atoms with Crippen molar-refractivity contribution in [3.8, 4) is 10.6 Å². The summed E-state index contributed by atoms with van der Waals surface area (Å²) >= 11 is 1.29. The summed E-state index contributed by atoms with van der Waals surface area (Å²) in [4.78, 5) is 14.8. The van der Waals surface area contributed by atoms with E-state index in [1.807, 2.05) is 38.3 Å². The van der Waals surface area contributed by atoms with Crippen LogP contribution in [0.25, 0.3) is 16.3 Å². The second-order valence-electron chi connectivity index (χ2n) is 3.73. The lowest BCUT2D eigenvalue weighted by Crippen LogP contribution is -1.95. The standard InChI is InChI=1S/C13H13N3O2S/c1-3-5-10(4-2)16-7-9(6-14-16)12-15-11(8-19-12)13(17)18/h3-8H,1-2H3,(H,17,18)/b5-3-,10-4+. The van der Waals surface area contributed by atoms with E-state index in [0.29, 0.717) is 5.01 Å². The third-order valence-corrected chi connectivity index (χ3v) is 3.34. The Morgan fingerprint density at radius 1 is 1.47 bits per heavy atom. The van der Waals surface area contributed by atoms with Crippen LogP contribution in [0.3, 0.4) is 0 Å². The summed E-state index contributed by atoms with van der Waals surface area (Å²) in [5.74, 6) is -1.02. The fraction of sp³-hybridized carbons (Fsp3) is 0.154. The van der Waals surface area contributed by atoms with Crippen molar-refractivity contribution in [2.24, 2.45) is 0 Å². The van der Waals surface area contributed by atoms with Crippen molar-refractivity contribution in [3.63, 3.8) is 0 Å². The van der Waals surface area contributed by atoms with E-state index in [9.17, 15) is 4.79 Å². The van der Waals surface area contributed by atoms with Crippen LogP contribution in [0.4, 0.5) is 0 Å². The average Bonchev–Trinajstić information content (AvgIpc) is 3.03. The molecule has 2 aromatic heterocycles. The largest absolute Gasteiger partial charge is 0.476 e. The molecular formula is C13H13N3O2S. The van der Waals surface area contributed by atoms with E-state index in [1.165, 1.54) is 16.7 Å². The number of aromatic nitrogens is 3. The first-order valence-corrected chi connectivity index (χ1v) is 6.57. The summed E-state index contributed by atoms with van der Waals surface area (Å²) in [6.07, 6.45) is 9.34. The highest BCUT2D eigenvalue weighted by molar-refractivity contribution is 7.13. The van der Waals surface area contributed by atoms with Crippen LogP contribution in [0.1, 0.15) is 24.3 Å². The van der Waals surface area contributed by atoms with Gasteiger partial charge in [-0.25, -0.2) is 14.5 Å². The molecule has 6 heteroatoms. The van der Waals surface area contributed by atoms with Crippen LogP contribution in [0.15, 0.2) is 36.0 Å². The van der Waals surface area contributed by atoms with Gasteiger partial charge in [0.05, 0.1) is 11.9 Å². The van der Waals surface area contributed by atoms with Gasteiger partial charge in [0, 0.05) is 17.1 Å². The molecule has 0 bridgehead atoms. The molecule has 5 nitrogen and oxygen atoms in total. The molecule has 0 unspecified atom stereocenters. The van der Waals surface area contributed by atoms with Crippen molar-refractivity contribution in [3.05, 3.63) is 41.7 Å². The quantitative estimate of drug-likeness (QED) is 0.870. The third-order valence-electron chi connectivity index (χ3n) is 2.45. The van der Waals surface area contributed by atoms with Crippen LogP contribution < -0.4 is 0 Å². The Balaban J connectivity index is 2.32. The summed E-state index contributed by atoms with van der Waals surface area (Å²) in [6.45, 7) is 3.87. The average molecular weight is 275 g/mol. The van der Waals surface area contributed by atoms with Crippen molar-refractivity contribution >= 4 is 23.0 Å². The first-order valence-electron chi connectivity index (χ1n) is 5.69. The molecule has 0 atom stereocenters. The van der Waals surface area contributed by atoms with Crippen molar-refractivity contribution in [2.45, 2.75) is 13.8 Å². The van der Waals surface area contributed by atoms with Gasteiger partial charge in [0.2, 0.25) is 0 Å². The first-order chi connectivity index (χ1) is 9.15. The SMILES string of the molecule is C/C=C\C(=C/C)n1cc(-c2nc(C(=O)O)cs2)cn1. The van der Waals surface area contributed by atoms with E-state index in [-0.39, 0.29) is 5.69 Å². The van der Waals surface area contributed by atoms with E-state index >= 15 is 0 Å². The van der Waals surface area contributed by atoms with Gasteiger partial charge >= 0.3 is 5.97 Å². The number of nitrogens with zero attached hydrogens (tertiary/aromatic N) is 3. The van der Waals surface area contributed by atoms with E-state index in [0.717, 1.165) is 11.3 Å². The Kier molecular flexibility index (Phi) is 3.91. The number of hydrogen-bond acceptors (Lipinski definition) is 4. The van der Waals surface area contributed by atoms with E-state index in [1.54, 1.807) is 10.9 Å². The monoisotopic (exact) mass is 275 g/mol. The summed E-state index contributed by atoms with van der Waals surface area (Å²) in [7, 11) is 0. The Bertz CT molecular complexity index is 652. The van der Waals surface area contributed by atoms with Crippen molar-refractivity contribution in [1.29, 1.82) is 0 Å². The van der Waals surface area contributed by atoms with Crippen LogP contribution in [0.2, 0.25) is 0 Å². The molecule has 0 radical (unpaired) electrons. The van der Waals surface area contributed by atoms with Crippen LogP contribution in [-0.4, -0.2) is 25.8 Å². The molecule has 0 fully saturated rings. The maximum atomic E-state index is 10.8. The highest BCUT2D eigenvalue weighted by Gasteiger charge is 2.11. The molecule has 2 rings (SSSR count). The zero-order chi connectivity index (χ0) is 13.8. The molecular weight excluding hydrogens is 262 g/mol. The third kappa shape index (κ3) is 2.79. The Morgan fingerprint density at radius 2 is 2.26 bits per heavy atom. The van der Waals surface area contributed by atoms with E-state index < -0.39 is 5.97 Å². The second kappa shape index (κ2) is 5.62. The Labute approximate surface area is 114 Å². The number of hydrogen-bond donors (Lipinski definition) is 1. The van der Waals surface area contributed by atoms with Crippen LogP contribution in [0, 0.1) is 0 Å². The van der Waals surface area contributed by atoms with Gasteiger partial charge in [0.1, 0.15) is 5.01 Å². The smallest absolute Gasteiger partial charge is 0.355 e. The number of aromatic carboxylic acids is 1. The highest BCUT2D eigenvalue weighted by atomic mass is 32.1. The molecule has 0 aliphatic heterocycles. The predicted molar refractivity (Wildman–Crippen MR) is 75.1 cm³/mol. The fourth-order valence-electron chi connectivity index (χ4n) is 1.55. The maximum absolute atomic E-state index is 10.8. The van der Waals surface area contributed by atoms with Crippen molar-refractivity contribution < 1.29 is 9.90 Å². The minimum absolute atomic E-state index is 0.0625. The zero-order valence-electron chi connectivity index (χ0n) is 10.6. The molecule has 19 heavy (non-hydrogen) atoms. The zero-order valence-corrected chi connectivity index (χ0v) is 11.4. The van der Waals surface area contributed by atoms with Crippen LogP contribution >= 0.6 is 11.3 Å². The predicted octanol–water partition coefficient (Wildman–Crippen LogP) is 3.14. The molecule has 0 saturated heterocycles. The second-order valence-corrected chi connectivity index (χ2v) is 4.59. The van der Waals surface area contributed by atoms with Gasteiger partial charge in [-0.2, -0.15) is 5.10 Å². The molecule has 2 heterocycles. The number of allylic oxidation sites excluding steroid dienone is 4. The van der Waals surface area contributed by atoms with E-state index in [2.05, 4.69) is 10.1 Å². The first kappa shape index (κ1) is 13.2. The molecule has 0 spiro atoms. The van der Waals surface area contributed by atoms with Gasteiger partial charge < -0.3 is 5.11 Å². The summed E-state index contributed by atoms with van der Waals surface area (Å²) < 4.78 is 1.73.